The molecule has 0 aliphatic rings. The van der Waals surface area contributed by atoms with Gasteiger partial charge in [0.2, 0.25) is 5.88 Å². The maximum atomic E-state index is 11.9. The fourth-order valence-electron chi connectivity index (χ4n) is 1.44. The minimum Gasteiger partial charge on any atom is -0.472 e. The molecule has 1 atom stereocenters. The predicted octanol–water partition coefficient (Wildman–Crippen LogP) is 1.47. The van der Waals surface area contributed by atoms with Crippen molar-refractivity contribution in [1.82, 2.24) is 10.3 Å². The van der Waals surface area contributed by atoms with Gasteiger partial charge in [-0.15, -0.1) is 0 Å². The number of halogens is 2. The molecule has 0 bridgehead atoms. The molecule has 1 heterocycles. The summed E-state index contributed by atoms with van der Waals surface area (Å²) in [5, 5.41) is 11.5. The zero-order chi connectivity index (χ0) is 15.0. The fourth-order valence-corrected chi connectivity index (χ4v) is 1.44. The van der Waals surface area contributed by atoms with Gasteiger partial charge in [0.15, 0.2) is 6.61 Å². The first-order valence-corrected chi connectivity index (χ1v) is 6.29. The van der Waals surface area contributed by atoms with Crippen molar-refractivity contribution in [3.63, 3.8) is 0 Å². The van der Waals surface area contributed by atoms with Gasteiger partial charge in [-0.25, -0.2) is 13.8 Å². The maximum absolute atomic E-state index is 11.9. The number of hydrogen-bond donors (Lipinski definition) is 2. The average molecular weight is 288 g/mol. The van der Waals surface area contributed by atoms with Crippen molar-refractivity contribution in [3.8, 4) is 5.88 Å². The van der Waals surface area contributed by atoms with Gasteiger partial charge in [-0.3, -0.25) is 4.79 Å². The standard InChI is InChI=1S/C13H18F2N2O3/c1-9(4-5-18)6-17-13(19)10-2-3-12(16-7-10)20-8-11(14)15/h2-3,7,9,11,18H,4-6,8H2,1H3,(H,17,19). The number of alkyl halides is 2. The number of ether oxygens (including phenoxy) is 1. The number of hydrogen-bond acceptors (Lipinski definition) is 4. The highest BCUT2D eigenvalue weighted by molar-refractivity contribution is 5.93. The number of aliphatic hydroxyl groups is 1. The Labute approximate surface area is 116 Å². The molecule has 7 heteroatoms. The van der Waals surface area contributed by atoms with Crippen LogP contribution in [0.3, 0.4) is 0 Å². The molecule has 1 aromatic rings. The van der Waals surface area contributed by atoms with Crippen LogP contribution in [0, 0.1) is 5.92 Å². The van der Waals surface area contributed by atoms with Gasteiger partial charge in [0.05, 0.1) is 5.56 Å². The van der Waals surface area contributed by atoms with Crippen LogP contribution in [0.15, 0.2) is 18.3 Å². The highest BCUT2D eigenvalue weighted by Crippen LogP contribution is 2.09. The van der Waals surface area contributed by atoms with Crippen molar-refractivity contribution in [3.05, 3.63) is 23.9 Å². The third kappa shape index (κ3) is 5.92. The second-order valence-electron chi connectivity index (χ2n) is 4.41. The zero-order valence-electron chi connectivity index (χ0n) is 11.2. The maximum Gasteiger partial charge on any atom is 0.272 e. The van der Waals surface area contributed by atoms with Gasteiger partial charge in [-0.1, -0.05) is 6.92 Å². The minimum atomic E-state index is -2.56. The van der Waals surface area contributed by atoms with E-state index in [9.17, 15) is 13.6 Å². The summed E-state index contributed by atoms with van der Waals surface area (Å²) in [6.07, 6.45) is -0.681. The monoisotopic (exact) mass is 288 g/mol. The van der Waals surface area contributed by atoms with E-state index >= 15 is 0 Å². The third-order valence-corrected chi connectivity index (χ3v) is 2.59. The molecule has 0 aliphatic carbocycles. The minimum absolute atomic E-state index is 0.0514. The molecule has 1 amide bonds. The number of carbonyl (C=O) groups excluding carboxylic acids is 1. The highest BCUT2D eigenvalue weighted by atomic mass is 19.3. The summed E-state index contributed by atoms with van der Waals surface area (Å²) >= 11 is 0. The predicted molar refractivity (Wildman–Crippen MR) is 68.9 cm³/mol. The molecule has 0 aromatic carbocycles. The van der Waals surface area contributed by atoms with E-state index in [-0.39, 0.29) is 24.3 Å². The lowest BCUT2D eigenvalue weighted by molar-refractivity contribution is 0.0794. The normalized spacial score (nSPS) is 12.2. The summed E-state index contributed by atoms with van der Waals surface area (Å²) in [6.45, 7) is 1.71. The van der Waals surface area contributed by atoms with Crippen LogP contribution >= 0.6 is 0 Å². The number of nitrogens with zero attached hydrogens (tertiary/aromatic N) is 1. The van der Waals surface area contributed by atoms with Crippen molar-refractivity contribution in [2.24, 2.45) is 5.92 Å². The number of nitrogens with one attached hydrogen (secondary N) is 1. The van der Waals surface area contributed by atoms with Crippen LogP contribution in [0.4, 0.5) is 8.78 Å². The van der Waals surface area contributed by atoms with Crippen molar-refractivity contribution < 1.29 is 23.4 Å². The number of aliphatic hydroxyl groups excluding tert-OH is 1. The molecule has 1 unspecified atom stereocenters. The summed E-state index contributed by atoms with van der Waals surface area (Å²) < 4.78 is 28.6. The average Bonchev–Trinajstić information content (AvgIpc) is 2.43. The molecule has 0 fully saturated rings. The van der Waals surface area contributed by atoms with Gasteiger partial charge in [0, 0.05) is 25.4 Å². The van der Waals surface area contributed by atoms with E-state index in [2.05, 4.69) is 10.3 Å². The summed E-state index contributed by atoms with van der Waals surface area (Å²) in [5.41, 5.74) is 0.325. The molecule has 0 saturated heterocycles. The Hall–Kier alpha value is -1.76. The Kier molecular flexibility index (Phi) is 6.86. The van der Waals surface area contributed by atoms with E-state index < -0.39 is 13.0 Å². The van der Waals surface area contributed by atoms with Gasteiger partial charge >= 0.3 is 0 Å². The molecular formula is C13H18F2N2O3. The smallest absolute Gasteiger partial charge is 0.272 e. The first kappa shape index (κ1) is 16.3. The lowest BCUT2D eigenvalue weighted by Crippen LogP contribution is -2.28. The molecule has 112 valence electrons. The largest absolute Gasteiger partial charge is 0.472 e. The second-order valence-corrected chi connectivity index (χ2v) is 4.41. The van der Waals surface area contributed by atoms with E-state index in [4.69, 9.17) is 9.84 Å². The lowest BCUT2D eigenvalue weighted by Gasteiger charge is -2.11. The number of rotatable bonds is 8. The van der Waals surface area contributed by atoms with E-state index in [1.165, 1.54) is 18.3 Å². The van der Waals surface area contributed by atoms with E-state index in [1.54, 1.807) is 0 Å². The molecule has 0 saturated carbocycles. The van der Waals surface area contributed by atoms with Gasteiger partial charge in [-0.05, 0) is 18.4 Å². The van der Waals surface area contributed by atoms with Crippen LogP contribution in [0.5, 0.6) is 5.88 Å². The molecule has 0 aliphatic heterocycles. The Balaban J connectivity index is 2.45. The highest BCUT2D eigenvalue weighted by Gasteiger charge is 2.09. The van der Waals surface area contributed by atoms with Gasteiger partial charge in [-0.2, -0.15) is 0 Å². The Morgan fingerprint density at radius 1 is 1.50 bits per heavy atom. The van der Waals surface area contributed by atoms with Gasteiger partial charge in [0.1, 0.15) is 0 Å². The Bertz CT molecular complexity index is 413. The quantitative estimate of drug-likeness (QED) is 0.760. The molecule has 0 spiro atoms. The molecule has 1 rings (SSSR count). The van der Waals surface area contributed by atoms with Crippen LogP contribution in [0.1, 0.15) is 23.7 Å². The first-order chi connectivity index (χ1) is 9.52. The third-order valence-electron chi connectivity index (χ3n) is 2.59. The van der Waals surface area contributed by atoms with Crippen LogP contribution in [-0.4, -0.2) is 42.2 Å². The van der Waals surface area contributed by atoms with E-state index in [1.807, 2.05) is 6.92 Å². The molecule has 20 heavy (non-hydrogen) atoms. The van der Waals surface area contributed by atoms with Gasteiger partial charge in [0.25, 0.3) is 12.3 Å². The Morgan fingerprint density at radius 2 is 2.25 bits per heavy atom. The molecule has 2 N–H and O–H groups in total. The second kappa shape index (κ2) is 8.42. The number of carbonyl (C=O) groups is 1. The Morgan fingerprint density at radius 3 is 2.80 bits per heavy atom. The molecular weight excluding hydrogens is 270 g/mol. The molecule has 1 aromatic heterocycles. The van der Waals surface area contributed by atoms with Crippen molar-refractivity contribution in [2.45, 2.75) is 19.8 Å². The number of amides is 1. The zero-order valence-corrected chi connectivity index (χ0v) is 11.2. The summed E-state index contributed by atoms with van der Waals surface area (Å²) in [7, 11) is 0. The van der Waals surface area contributed by atoms with Crippen molar-refractivity contribution in [2.75, 3.05) is 19.8 Å². The van der Waals surface area contributed by atoms with E-state index in [0.717, 1.165) is 0 Å². The van der Waals surface area contributed by atoms with E-state index in [0.29, 0.717) is 18.5 Å². The fraction of sp³-hybridized carbons (Fsp3) is 0.538. The summed E-state index contributed by atoms with van der Waals surface area (Å²) in [6, 6.07) is 2.83. The summed E-state index contributed by atoms with van der Waals surface area (Å²) in [4.78, 5) is 15.5. The molecule has 5 nitrogen and oxygen atoms in total. The number of pyridine rings is 1. The van der Waals surface area contributed by atoms with Crippen LogP contribution in [0.25, 0.3) is 0 Å². The van der Waals surface area contributed by atoms with Crippen LogP contribution < -0.4 is 10.1 Å². The van der Waals surface area contributed by atoms with Crippen LogP contribution in [0.2, 0.25) is 0 Å². The lowest BCUT2D eigenvalue weighted by atomic mass is 10.1. The van der Waals surface area contributed by atoms with Crippen LogP contribution in [-0.2, 0) is 0 Å². The topological polar surface area (TPSA) is 71.5 Å². The molecule has 0 radical (unpaired) electrons. The van der Waals surface area contributed by atoms with Gasteiger partial charge < -0.3 is 15.2 Å². The number of aromatic nitrogens is 1. The SMILES string of the molecule is CC(CCO)CNC(=O)c1ccc(OCC(F)F)nc1. The summed E-state index contributed by atoms with van der Waals surface area (Å²) in [5.74, 6) is -0.0799. The van der Waals surface area contributed by atoms with Crippen molar-refractivity contribution >= 4 is 5.91 Å². The van der Waals surface area contributed by atoms with Crippen molar-refractivity contribution in [1.29, 1.82) is 0 Å². The first-order valence-electron chi connectivity index (χ1n) is 6.29.